The van der Waals surface area contributed by atoms with Gasteiger partial charge in [0.05, 0.1) is 0 Å². The molecule has 0 atom stereocenters. The third kappa shape index (κ3) is 2.15. The number of Topliss-reactive ketones (excluding diaryl/α,β-unsaturated/α-hetero) is 1. The largest absolute Gasteiger partial charge is 0.295 e. The highest BCUT2D eigenvalue weighted by Crippen LogP contribution is 1.89. The van der Waals surface area contributed by atoms with Crippen LogP contribution < -0.4 is 0 Å². The molecule has 1 heteroatoms. The van der Waals surface area contributed by atoms with E-state index in [1.807, 2.05) is 0 Å². The lowest BCUT2D eigenvalue weighted by molar-refractivity contribution is -0.113. The monoisotopic (exact) mass is 97.1 g/mol. The Labute approximate surface area is 44.0 Å². The average Bonchev–Trinajstić information content (AvgIpc) is 1.65. The third-order valence-corrected chi connectivity index (χ3v) is 0.862. The van der Waals surface area contributed by atoms with Crippen LogP contribution in [0.15, 0.2) is 11.6 Å². The highest BCUT2D eigenvalue weighted by Gasteiger charge is 1.89. The molecule has 0 aliphatic carbocycles. The summed E-state index contributed by atoms with van der Waals surface area (Å²) in [5.74, 6) is 0.0926. The zero-order valence-electron chi connectivity index (χ0n) is 4.69. The second kappa shape index (κ2) is 2.56. The average molecular weight is 97.1 g/mol. The SMILES string of the molecule is [CH2]/C=C(/C)C(C)=O. The first-order chi connectivity index (χ1) is 3.18. The first-order valence-corrected chi connectivity index (χ1v) is 2.15. The van der Waals surface area contributed by atoms with Crippen molar-refractivity contribution < 1.29 is 4.79 Å². The van der Waals surface area contributed by atoms with Crippen molar-refractivity contribution in [2.24, 2.45) is 0 Å². The van der Waals surface area contributed by atoms with E-state index in [-0.39, 0.29) is 5.78 Å². The zero-order chi connectivity index (χ0) is 5.86. The molecule has 0 aromatic carbocycles. The van der Waals surface area contributed by atoms with Crippen LogP contribution in [0, 0.1) is 6.92 Å². The molecular weight excluding hydrogens is 88.1 g/mol. The first-order valence-electron chi connectivity index (χ1n) is 2.15. The van der Waals surface area contributed by atoms with Crippen LogP contribution in [0.3, 0.4) is 0 Å². The van der Waals surface area contributed by atoms with Gasteiger partial charge in [-0.15, -0.1) is 0 Å². The van der Waals surface area contributed by atoms with E-state index in [4.69, 9.17) is 0 Å². The highest BCUT2D eigenvalue weighted by atomic mass is 16.1. The Hall–Kier alpha value is -0.590. The van der Waals surface area contributed by atoms with Crippen molar-refractivity contribution in [3.05, 3.63) is 18.6 Å². The van der Waals surface area contributed by atoms with Gasteiger partial charge in [0, 0.05) is 0 Å². The van der Waals surface area contributed by atoms with Gasteiger partial charge in [-0.2, -0.15) is 0 Å². The summed E-state index contributed by atoms with van der Waals surface area (Å²) >= 11 is 0. The molecule has 0 N–H and O–H groups in total. The van der Waals surface area contributed by atoms with Gasteiger partial charge in [-0.1, -0.05) is 6.08 Å². The van der Waals surface area contributed by atoms with Crippen LogP contribution in [0.1, 0.15) is 13.8 Å². The van der Waals surface area contributed by atoms with Crippen LogP contribution >= 0.6 is 0 Å². The van der Waals surface area contributed by atoms with Crippen LogP contribution in [0.25, 0.3) is 0 Å². The molecule has 0 aromatic heterocycles. The van der Waals surface area contributed by atoms with E-state index in [0.717, 1.165) is 5.57 Å². The summed E-state index contributed by atoms with van der Waals surface area (Å²) in [6, 6.07) is 0. The number of carbonyl (C=O) groups is 1. The number of rotatable bonds is 1. The van der Waals surface area contributed by atoms with Crippen LogP contribution in [-0.4, -0.2) is 5.78 Å². The molecule has 0 saturated carbocycles. The lowest BCUT2D eigenvalue weighted by Crippen LogP contribution is -1.88. The van der Waals surface area contributed by atoms with Crippen molar-refractivity contribution in [1.82, 2.24) is 0 Å². The first kappa shape index (κ1) is 6.41. The van der Waals surface area contributed by atoms with Gasteiger partial charge in [0.2, 0.25) is 0 Å². The predicted molar refractivity (Wildman–Crippen MR) is 29.8 cm³/mol. The topological polar surface area (TPSA) is 17.1 Å². The molecule has 0 rings (SSSR count). The Morgan fingerprint density at radius 3 is 2.00 bits per heavy atom. The van der Waals surface area contributed by atoms with Gasteiger partial charge in [-0.05, 0) is 26.3 Å². The predicted octanol–water partition coefficient (Wildman–Crippen LogP) is 1.36. The van der Waals surface area contributed by atoms with Gasteiger partial charge in [-0.25, -0.2) is 0 Å². The molecule has 0 fully saturated rings. The van der Waals surface area contributed by atoms with E-state index < -0.39 is 0 Å². The fraction of sp³-hybridized carbons (Fsp3) is 0.333. The van der Waals surface area contributed by atoms with Crippen molar-refractivity contribution in [2.45, 2.75) is 13.8 Å². The lowest BCUT2D eigenvalue weighted by atomic mass is 10.2. The van der Waals surface area contributed by atoms with E-state index in [0.29, 0.717) is 0 Å². The Bertz CT molecular complexity index is 101. The van der Waals surface area contributed by atoms with Crippen molar-refractivity contribution in [3.8, 4) is 0 Å². The highest BCUT2D eigenvalue weighted by molar-refractivity contribution is 5.92. The van der Waals surface area contributed by atoms with Crippen molar-refractivity contribution in [2.75, 3.05) is 0 Å². The van der Waals surface area contributed by atoms with E-state index in [2.05, 4.69) is 6.92 Å². The van der Waals surface area contributed by atoms with Gasteiger partial charge in [-0.3, -0.25) is 4.79 Å². The summed E-state index contributed by atoms with van der Waals surface area (Å²) in [6.07, 6.45) is 1.56. The van der Waals surface area contributed by atoms with Crippen molar-refractivity contribution in [1.29, 1.82) is 0 Å². The maximum atomic E-state index is 10.3. The summed E-state index contributed by atoms with van der Waals surface area (Å²) in [7, 11) is 0. The van der Waals surface area contributed by atoms with E-state index >= 15 is 0 Å². The molecular formula is C6H9O. The number of hydrogen-bond donors (Lipinski definition) is 0. The van der Waals surface area contributed by atoms with Crippen molar-refractivity contribution >= 4 is 5.78 Å². The molecule has 1 radical (unpaired) electrons. The molecule has 0 aromatic rings. The van der Waals surface area contributed by atoms with E-state index in [1.54, 1.807) is 13.0 Å². The summed E-state index contributed by atoms with van der Waals surface area (Å²) < 4.78 is 0. The number of allylic oxidation sites excluding steroid dienone is 2. The third-order valence-electron chi connectivity index (χ3n) is 0.862. The maximum absolute atomic E-state index is 10.3. The van der Waals surface area contributed by atoms with Crippen LogP contribution in [0.5, 0.6) is 0 Å². The summed E-state index contributed by atoms with van der Waals surface area (Å²) in [5, 5.41) is 0. The zero-order valence-corrected chi connectivity index (χ0v) is 4.69. The van der Waals surface area contributed by atoms with Gasteiger partial charge in [0.15, 0.2) is 5.78 Å². The van der Waals surface area contributed by atoms with E-state index in [9.17, 15) is 4.79 Å². The standard InChI is InChI=1S/C6H9O/c1-4-5(2)6(3)7/h4H,1H2,2-3H3/b5-4-. The van der Waals surface area contributed by atoms with Gasteiger partial charge >= 0.3 is 0 Å². The summed E-state index contributed by atoms with van der Waals surface area (Å²) in [5.41, 5.74) is 0.722. The van der Waals surface area contributed by atoms with Crippen LogP contribution in [0.2, 0.25) is 0 Å². The maximum Gasteiger partial charge on any atom is 0.155 e. The Balaban J connectivity index is 3.82. The minimum Gasteiger partial charge on any atom is -0.295 e. The van der Waals surface area contributed by atoms with Crippen LogP contribution in [0.4, 0.5) is 0 Å². The summed E-state index contributed by atoms with van der Waals surface area (Å²) in [4.78, 5) is 10.3. The quantitative estimate of drug-likeness (QED) is 0.451. The number of carbonyl (C=O) groups excluding carboxylic acids is 1. The Kier molecular flexibility index (Phi) is 2.34. The normalized spacial score (nSPS) is 11.6. The molecule has 0 bridgehead atoms. The van der Waals surface area contributed by atoms with Gasteiger partial charge in [0.25, 0.3) is 0 Å². The molecule has 0 spiro atoms. The molecule has 0 aliphatic heterocycles. The smallest absolute Gasteiger partial charge is 0.155 e. The Morgan fingerprint density at radius 1 is 1.57 bits per heavy atom. The van der Waals surface area contributed by atoms with Crippen LogP contribution in [-0.2, 0) is 4.79 Å². The minimum absolute atomic E-state index is 0.0926. The minimum atomic E-state index is 0.0926. The molecule has 0 amide bonds. The number of hydrogen-bond acceptors (Lipinski definition) is 1. The second-order valence-corrected chi connectivity index (χ2v) is 1.44. The Morgan fingerprint density at radius 2 is 2.00 bits per heavy atom. The second-order valence-electron chi connectivity index (χ2n) is 1.44. The molecule has 39 valence electrons. The van der Waals surface area contributed by atoms with Gasteiger partial charge in [0.1, 0.15) is 0 Å². The van der Waals surface area contributed by atoms with Crippen molar-refractivity contribution in [3.63, 3.8) is 0 Å². The molecule has 0 unspecified atom stereocenters. The molecule has 0 saturated heterocycles. The molecule has 7 heavy (non-hydrogen) atoms. The molecule has 0 aliphatic rings. The summed E-state index contributed by atoms with van der Waals surface area (Å²) in [6.45, 7) is 6.69. The molecule has 0 heterocycles. The fourth-order valence-corrected chi connectivity index (χ4v) is 0.144. The van der Waals surface area contributed by atoms with Gasteiger partial charge < -0.3 is 0 Å². The van der Waals surface area contributed by atoms with E-state index in [1.165, 1.54) is 6.92 Å². The molecule has 1 nitrogen and oxygen atoms in total. The lowest BCUT2D eigenvalue weighted by Gasteiger charge is -1.85. The fourth-order valence-electron chi connectivity index (χ4n) is 0.144. The number of ketones is 1.